The summed E-state index contributed by atoms with van der Waals surface area (Å²) in [5.74, 6) is 1.40. The van der Waals surface area contributed by atoms with Crippen LogP contribution in [0.5, 0.6) is 11.5 Å². The third kappa shape index (κ3) is 1.83. The lowest BCUT2D eigenvalue weighted by molar-refractivity contribution is 0.111. The van der Waals surface area contributed by atoms with E-state index >= 15 is 0 Å². The molecule has 0 fully saturated rings. The predicted molar refractivity (Wildman–Crippen MR) is 66.8 cm³/mol. The molecular formula is C11H6BrNO3S. The lowest BCUT2D eigenvalue weighted by atomic mass is 10.2. The van der Waals surface area contributed by atoms with Gasteiger partial charge in [0.25, 0.3) is 0 Å². The molecule has 0 spiro atoms. The number of halogens is 1. The molecule has 0 radical (unpaired) electrons. The van der Waals surface area contributed by atoms with Crippen LogP contribution >= 0.6 is 27.3 Å². The van der Waals surface area contributed by atoms with Crippen LogP contribution in [0.4, 0.5) is 0 Å². The first-order chi connectivity index (χ1) is 8.28. The quantitative estimate of drug-likeness (QED) is 0.800. The van der Waals surface area contributed by atoms with Crippen molar-refractivity contribution < 1.29 is 14.3 Å². The Morgan fingerprint density at radius 3 is 3.06 bits per heavy atom. The fourth-order valence-corrected chi connectivity index (χ4v) is 2.87. The second-order valence-electron chi connectivity index (χ2n) is 3.39. The van der Waals surface area contributed by atoms with Gasteiger partial charge in [0.1, 0.15) is 10.7 Å². The third-order valence-electron chi connectivity index (χ3n) is 2.32. The van der Waals surface area contributed by atoms with Crippen molar-refractivity contribution in [3.8, 4) is 22.1 Å². The smallest absolute Gasteiger partial charge is 0.231 e. The number of rotatable bonds is 2. The van der Waals surface area contributed by atoms with Gasteiger partial charge in [-0.1, -0.05) is 0 Å². The zero-order chi connectivity index (χ0) is 11.8. The first-order valence-corrected chi connectivity index (χ1v) is 6.45. The molecule has 0 aliphatic carbocycles. The Morgan fingerprint density at radius 1 is 1.41 bits per heavy atom. The summed E-state index contributed by atoms with van der Waals surface area (Å²) in [6, 6.07) is 3.77. The molecule has 2 heterocycles. The van der Waals surface area contributed by atoms with Crippen LogP contribution in [0.3, 0.4) is 0 Å². The molecule has 86 valence electrons. The minimum atomic E-state index is 0.231. The van der Waals surface area contributed by atoms with Crippen molar-refractivity contribution in [2.75, 3.05) is 6.79 Å². The van der Waals surface area contributed by atoms with Crippen LogP contribution in [0.25, 0.3) is 10.6 Å². The standard InChI is InChI=1S/C11H6BrNO3S/c12-8-1-6(2-9-10(8)16-5-15-9)11-13-7(3-14)4-17-11/h1-4H,5H2. The Labute approximate surface area is 109 Å². The number of hydrogen-bond acceptors (Lipinski definition) is 5. The maximum absolute atomic E-state index is 10.6. The molecule has 4 nitrogen and oxygen atoms in total. The second-order valence-corrected chi connectivity index (χ2v) is 5.10. The highest BCUT2D eigenvalue weighted by molar-refractivity contribution is 9.10. The van der Waals surface area contributed by atoms with Crippen LogP contribution in [-0.2, 0) is 0 Å². The van der Waals surface area contributed by atoms with E-state index in [1.807, 2.05) is 12.1 Å². The fourth-order valence-electron chi connectivity index (χ4n) is 1.56. The highest BCUT2D eigenvalue weighted by atomic mass is 79.9. The maximum Gasteiger partial charge on any atom is 0.231 e. The van der Waals surface area contributed by atoms with E-state index in [1.54, 1.807) is 5.38 Å². The van der Waals surface area contributed by atoms with Crippen LogP contribution in [-0.4, -0.2) is 18.1 Å². The van der Waals surface area contributed by atoms with Crippen molar-refractivity contribution in [1.82, 2.24) is 4.98 Å². The van der Waals surface area contributed by atoms with E-state index in [0.29, 0.717) is 17.2 Å². The highest BCUT2D eigenvalue weighted by Gasteiger charge is 2.19. The molecule has 0 amide bonds. The molecule has 1 aromatic carbocycles. The Bertz CT molecular complexity index is 596. The zero-order valence-electron chi connectivity index (χ0n) is 8.47. The number of aromatic nitrogens is 1. The summed E-state index contributed by atoms with van der Waals surface area (Å²) in [5, 5.41) is 2.51. The molecule has 0 atom stereocenters. The number of aldehydes is 1. The third-order valence-corrected chi connectivity index (χ3v) is 3.82. The van der Waals surface area contributed by atoms with Gasteiger partial charge in [-0.2, -0.15) is 0 Å². The minimum absolute atomic E-state index is 0.231. The van der Waals surface area contributed by atoms with Crippen LogP contribution in [0.15, 0.2) is 22.0 Å². The lowest BCUT2D eigenvalue weighted by Crippen LogP contribution is -1.93. The van der Waals surface area contributed by atoms with Gasteiger partial charge in [-0.15, -0.1) is 11.3 Å². The molecule has 17 heavy (non-hydrogen) atoms. The van der Waals surface area contributed by atoms with Crippen LogP contribution in [0, 0.1) is 0 Å². The topological polar surface area (TPSA) is 48.4 Å². The van der Waals surface area contributed by atoms with Gasteiger partial charge < -0.3 is 9.47 Å². The summed E-state index contributed by atoms with van der Waals surface area (Å²) in [7, 11) is 0. The number of carbonyl (C=O) groups is 1. The molecule has 0 saturated heterocycles. The van der Waals surface area contributed by atoms with Crippen LogP contribution < -0.4 is 9.47 Å². The van der Waals surface area contributed by atoms with E-state index in [4.69, 9.17) is 9.47 Å². The van der Waals surface area contributed by atoms with Crippen molar-refractivity contribution in [2.24, 2.45) is 0 Å². The van der Waals surface area contributed by atoms with Crippen molar-refractivity contribution >= 4 is 33.6 Å². The summed E-state index contributed by atoms with van der Waals surface area (Å²) < 4.78 is 11.5. The first-order valence-electron chi connectivity index (χ1n) is 4.78. The van der Waals surface area contributed by atoms with Crippen LogP contribution in [0.1, 0.15) is 10.5 Å². The Morgan fingerprint density at radius 2 is 2.29 bits per heavy atom. The Hall–Kier alpha value is -1.40. The molecule has 2 aromatic rings. The molecule has 0 N–H and O–H groups in total. The molecular weight excluding hydrogens is 306 g/mol. The zero-order valence-corrected chi connectivity index (χ0v) is 10.9. The molecule has 0 saturated carbocycles. The summed E-state index contributed by atoms with van der Waals surface area (Å²) in [5.41, 5.74) is 1.35. The first kappa shape index (κ1) is 10.7. The molecule has 1 aliphatic rings. The SMILES string of the molecule is O=Cc1csc(-c2cc(Br)c3c(c2)OCO3)n1. The normalized spacial score (nSPS) is 12.8. The number of ether oxygens (including phenoxy) is 2. The van der Waals surface area contributed by atoms with Gasteiger partial charge in [-0.3, -0.25) is 4.79 Å². The van der Waals surface area contributed by atoms with E-state index < -0.39 is 0 Å². The van der Waals surface area contributed by atoms with Crippen molar-refractivity contribution in [1.29, 1.82) is 0 Å². The largest absolute Gasteiger partial charge is 0.454 e. The Balaban J connectivity index is 2.09. The Kier molecular flexibility index (Phi) is 2.60. The van der Waals surface area contributed by atoms with E-state index in [-0.39, 0.29) is 6.79 Å². The van der Waals surface area contributed by atoms with Gasteiger partial charge in [0, 0.05) is 10.9 Å². The van der Waals surface area contributed by atoms with Crippen LogP contribution in [0.2, 0.25) is 0 Å². The monoisotopic (exact) mass is 311 g/mol. The van der Waals surface area contributed by atoms with Gasteiger partial charge in [-0.25, -0.2) is 4.98 Å². The van der Waals surface area contributed by atoms with Crippen molar-refractivity contribution in [3.05, 3.63) is 27.7 Å². The number of carbonyl (C=O) groups excluding carboxylic acids is 1. The molecule has 0 bridgehead atoms. The summed E-state index contributed by atoms with van der Waals surface area (Å²) in [6.07, 6.45) is 0.738. The number of thiazole rings is 1. The number of benzene rings is 1. The van der Waals surface area contributed by atoms with Gasteiger partial charge in [0.05, 0.1) is 4.47 Å². The fraction of sp³-hybridized carbons (Fsp3) is 0.0909. The molecule has 3 rings (SSSR count). The molecule has 1 aliphatic heterocycles. The second kappa shape index (κ2) is 4.12. The minimum Gasteiger partial charge on any atom is -0.454 e. The number of nitrogens with zero attached hydrogens (tertiary/aromatic N) is 1. The van der Waals surface area contributed by atoms with E-state index in [2.05, 4.69) is 20.9 Å². The van der Waals surface area contributed by atoms with Gasteiger partial charge >= 0.3 is 0 Å². The predicted octanol–water partition coefficient (Wildman–Crippen LogP) is 3.11. The summed E-state index contributed by atoms with van der Waals surface area (Å²) in [4.78, 5) is 14.8. The lowest BCUT2D eigenvalue weighted by Gasteiger charge is -2.02. The molecule has 0 unspecified atom stereocenters. The average Bonchev–Trinajstić information content (AvgIpc) is 2.97. The van der Waals surface area contributed by atoms with Gasteiger partial charge in [0.15, 0.2) is 17.8 Å². The van der Waals surface area contributed by atoms with Gasteiger partial charge in [-0.05, 0) is 28.1 Å². The van der Waals surface area contributed by atoms with E-state index in [1.165, 1.54) is 11.3 Å². The molecule has 6 heteroatoms. The summed E-state index contributed by atoms with van der Waals surface area (Å²) >= 11 is 4.84. The van der Waals surface area contributed by atoms with E-state index in [9.17, 15) is 4.79 Å². The number of fused-ring (bicyclic) bond motifs is 1. The molecule has 1 aromatic heterocycles. The van der Waals surface area contributed by atoms with Crippen molar-refractivity contribution in [3.63, 3.8) is 0 Å². The van der Waals surface area contributed by atoms with E-state index in [0.717, 1.165) is 21.3 Å². The highest BCUT2D eigenvalue weighted by Crippen LogP contribution is 2.42. The summed E-state index contributed by atoms with van der Waals surface area (Å²) in [6.45, 7) is 0.231. The maximum atomic E-state index is 10.6. The van der Waals surface area contributed by atoms with Gasteiger partial charge in [0.2, 0.25) is 6.79 Å². The average molecular weight is 312 g/mol. The van der Waals surface area contributed by atoms with Crippen molar-refractivity contribution in [2.45, 2.75) is 0 Å². The number of hydrogen-bond donors (Lipinski definition) is 0.